The maximum absolute atomic E-state index is 13.3. The van der Waals surface area contributed by atoms with Gasteiger partial charge in [0, 0.05) is 19.9 Å². The van der Waals surface area contributed by atoms with Crippen molar-refractivity contribution in [3.63, 3.8) is 0 Å². The molecule has 1 aromatic heterocycles. The van der Waals surface area contributed by atoms with Crippen molar-refractivity contribution < 1.29 is 9.59 Å². The number of carbonyl (C=O) groups excluding carboxylic acids is 2. The number of urea groups is 1. The van der Waals surface area contributed by atoms with Crippen molar-refractivity contribution in [2.75, 3.05) is 6.54 Å². The molecule has 8 heteroatoms. The highest BCUT2D eigenvalue weighted by atomic mass is 32.1. The molecular formula is C17H22N5O2S+. The summed E-state index contributed by atoms with van der Waals surface area (Å²) in [7, 11) is 1.77. The van der Waals surface area contributed by atoms with Crippen LogP contribution in [0.1, 0.15) is 24.8 Å². The fourth-order valence-corrected chi connectivity index (χ4v) is 4.24. The molecule has 0 aliphatic carbocycles. The van der Waals surface area contributed by atoms with E-state index >= 15 is 0 Å². The van der Waals surface area contributed by atoms with Gasteiger partial charge >= 0.3 is 6.03 Å². The van der Waals surface area contributed by atoms with E-state index in [-0.39, 0.29) is 10.5 Å². The lowest BCUT2D eigenvalue weighted by Crippen LogP contribution is -2.61. The third-order valence-electron chi connectivity index (χ3n) is 4.65. The van der Waals surface area contributed by atoms with Crippen LogP contribution in [-0.2, 0) is 18.3 Å². The Balaban J connectivity index is 2.14. The second kappa shape index (κ2) is 6.89. The maximum Gasteiger partial charge on any atom is 0.451 e. The zero-order chi connectivity index (χ0) is 18.0. The van der Waals surface area contributed by atoms with Crippen LogP contribution in [0.15, 0.2) is 35.3 Å². The normalized spacial score (nSPS) is 23.8. The van der Waals surface area contributed by atoms with Gasteiger partial charge in [0.05, 0.1) is 6.54 Å². The first-order valence-electron chi connectivity index (χ1n) is 8.34. The van der Waals surface area contributed by atoms with Crippen LogP contribution in [-0.4, -0.2) is 34.3 Å². The molecule has 7 nitrogen and oxygen atoms in total. The maximum atomic E-state index is 13.3. The summed E-state index contributed by atoms with van der Waals surface area (Å²) in [5, 5.41) is 5.26. The van der Waals surface area contributed by atoms with E-state index in [1.165, 1.54) is 11.3 Å². The van der Waals surface area contributed by atoms with Crippen molar-refractivity contribution in [2.24, 2.45) is 17.8 Å². The number of aromatic nitrogens is 2. The standard InChI is InChI=1S/C17H21N5O2S/c1-3-14-20-21(2)16(25-14)19-17(24)22(12-8-5-4-6-9-12)11-7-10-13(22)15(18)23/h4-6,8-9,13H,3,7,10-11H2,1-2H3,(H-,18,23)/p+1. The van der Waals surface area contributed by atoms with E-state index in [9.17, 15) is 9.59 Å². The number of carbonyl (C=O) groups is 2. The summed E-state index contributed by atoms with van der Waals surface area (Å²) < 4.78 is 1.47. The zero-order valence-electron chi connectivity index (χ0n) is 14.4. The van der Waals surface area contributed by atoms with E-state index in [1.54, 1.807) is 11.7 Å². The van der Waals surface area contributed by atoms with E-state index in [0.29, 0.717) is 17.8 Å². The van der Waals surface area contributed by atoms with Crippen LogP contribution in [0.5, 0.6) is 0 Å². The van der Waals surface area contributed by atoms with Gasteiger partial charge in [0.25, 0.3) is 5.91 Å². The molecule has 25 heavy (non-hydrogen) atoms. The van der Waals surface area contributed by atoms with E-state index in [2.05, 4.69) is 10.1 Å². The summed E-state index contributed by atoms with van der Waals surface area (Å²) in [4.78, 5) is 30.2. The lowest BCUT2D eigenvalue weighted by atomic mass is 10.1. The topological polar surface area (TPSA) is 90.3 Å². The number of aryl methyl sites for hydroxylation is 2. The first-order chi connectivity index (χ1) is 12.0. The van der Waals surface area contributed by atoms with Crippen molar-refractivity contribution in [3.05, 3.63) is 40.1 Å². The Labute approximate surface area is 150 Å². The highest BCUT2D eigenvalue weighted by molar-refractivity contribution is 7.08. The van der Waals surface area contributed by atoms with Crippen LogP contribution in [0.3, 0.4) is 0 Å². The molecule has 1 aliphatic rings. The Hall–Kier alpha value is -2.32. The van der Waals surface area contributed by atoms with Gasteiger partial charge < -0.3 is 5.73 Å². The Kier molecular flexibility index (Phi) is 4.82. The first kappa shape index (κ1) is 17.5. The Bertz CT molecular complexity index is 857. The molecule has 0 radical (unpaired) electrons. The summed E-state index contributed by atoms with van der Waals surface area (Å²) in [6.07, 6.45) is 2.12. The monoisotopic (exact) mass is 360 g/mol. The highest BCUT2D eigenvalue weighted by Crippen LogP contribution is 2.35. The van der Waals surface area contributed by atoms with Crippen molar-refractivity contribution in [2.45, 2.75) is 32.2 Å². The van der Waals surface area contributed by atoms with Crippen molar-refractivity contribution in [3.8, 4) is 0 Å². The first-order valence-corrected chi connectivity index (χ1v) is 9.15. The van der Waals surface area contributed by atoms with Crippen LogP contribution in [0.25, 0.3) is 0 Å². The van der Waals surface area contributed by atoms with Crippen LogP contribution < -0.4 is 15.0 Å². The fraction of sp³-hybridized carbons (Fsp3) is 0.412. The minimum atomic E-state index is -0.595. The number of benzene rings is 1. The molecule has 3 amide bonds. The largest absolute Gasteiger partial charge is 0.451 e. The minimum absolute atomic E-state index is 0.143. The number of hydrogen-bond acceptors (Lipinski definition) is 4. The predicted octanol–water partition coefficient (Wildman–Crippen LogP) is 1.72. The van der Waals surface area contributed by atoms with Crippen LogP contribution in [0.4, 0.5) is 10.5 Å². The Morgan fingerprint density at radius 3 is 2.72 bits per heavy atom. The van der Waals surface area contributed by atoms with Gasteiger partial charge in [0.15, 0.2) is 6.04 Å². The summed E-state index contributed by atoms with van der Waals surface area (Å²) in [6, 6.07) is 8.37. The highest BCUT2D eigenvalue weighted by Gasteiger charge is 2.53. The number of hydrogen-bond donors (Lipinski definition) is 1. The third kappa shape index (κ3) is 3.03. The van der Waals surface area contributed by atoms with Crippen LogP contribution in [0.2, 0.25) is 0 Å². The molecule has 0 saturated carbocycles. The molecule has 3 rings (SSSR count). The molecule has 1 aliphatic heterocycles. The summed E-state index contributed by atoms with van der Waals surface area (Å²) in [6.45, 7) is 2.52. The summed E-state index contributed by atoms with van der Waals surface area (Å²) >= 11 is 1.39. The van der Waals surface area contributed by atoms with E-state index in [4.69, 9.17) is 5.73 Å². The summed E-state index contributed by atoms with van der Waals surface area (Å²) in [5.74, 6) is -0.465. The summed E-state index contributed by atoms with van der Waals surface area (Å²) in [5.41, 5.74) is 6.38. The molecule has 2 atom stereocenters. The van der Waals surface area contributed by atoms with Gasteiger partial charge in [-0.15, -0.1) is 4.99 Å². The number of amides is 3. The smallest absolute Gasteiger partial charge is 0.364 e. The number of nitrogens with two attached hydrogens (primary N) is 1. The molecule has 2 unspecified atom stereocenters. The number of likely N-dealkylation sites (tertiary alicyclic amines) is 1. The molecule has 1 saturated heterocycles. The molecule has 0 spiro atoms. The van der Waals surface area contributed by atoms with Crippen molar-refractivity contribution in [1.82, 2.24) is 14.3 Å². The van der Waals surface area contributed by atoms with Gasteiger partial charge in [-0.1, -0.05) is 36.5 Å². The molecule has 2 aromatic rings. The van der Waals surface area contributed by atoms with Gasteiger partial charge in [-0.25, -0.2) is 9.48 Å². The van der Waals surface area contributed by atoms with E-state index in [1.807, 2.05) is 37.3 Å². The average molecular weight is 360 g/mol. The molecule has 2 N–H and O–H groups in total. The minimum Gasteiger partial charge on any atom is -0.364 e. The number of nitrogens with zero attached hydrogens (tertiary/aromatic N) is 4. The Morgan fingerprint density at radius 1 is 1.40 bits per heavy atom. The van der Waals surface area contributed by atoms with Gasteiger partial charge in [-0.2, -0.15) is 9.58 Å². The van der Waals surface area contributed by atoms with Gasteiger partial charge in [0.2, 0.25) is 4.80 Å². The third-order valence-corrected chi connectivity index (χ3v) is 5.79. The fourth-order valence-electron chi connectivity index (χ4n) is 3.42. The lowest BCUT2D eigenvalue weighted by molar-refractivity contribution is -0.121. The predicted molar refractivity (Wildman–Crippen MR) is 96.7 cm³/mol. The number of primary amides is 1. The van der Waals surface area contributed by atoms with Gasteiger partial charge in [-0.3, -0.25) is 4.79 Å². The van der Waals surface area contributed by atoms with Gasteiger partial charge in [-0.05, 0) is 18.6 Å². The van der Waals surface area contributed by atoms with Crippen LogP contribution >= 0.6 is 11.3 Å². The average Bonchev–Trinajstić information content (AvgIpc) is 3.20. The number of quaternary nitrogens is 1. The molecule has 2 heterocycles. The van der Waals surface area contributed by atoms with Crippen molar-refractivity contribution >= 4 is 29.0 Å². The molecule has 1 aromatic carbocycles. The van der Waals surface area contributed by atoms with Crippen LogP contribution in [0, 0.1) is 0 Å². The molecule has 1 fully saturated rings. The van der Waals surface area contributed by atoms with E-state index in [0.717, 1.165) is 23.5 Å². The SMILES string of the molecule is CCc1nn(C)c(=NC(=O)[N+]2(c3ccccc3)CCCC2C(N)=O)s1. The number of rotatable bonds is 3. The number of para-hydroxylation sites is 1. The molecule has 132 valence electrons. The second-order valence-electron chi connectivity index (χ2n) is 6.14. The lowest BCUT2D eigenvalue weighted by Gasteiger charge is -2.33. The zero-order valence-corrected chi connectivity index (χ0v) is 15.2. The molecule has 0 bridgehead atoms. The quantitative estimate of drug-likeness (QED) is 0.845. The molecular weight excluding hydrogens is 338 g/mol. The Morgan fingerprint density at radius 2 is 2.12 bits per heavy atom. The second-order valence-corrected chi connectivity index (χ2v) is 7.18. The van der Waals surface area contributed by atoms with E-state index < -0.39 is 11.9 Å². The van der Waals surface area contributed by atoms with Gasteiger partial charge in [0.1, 0.15) is 10.7 Å². The van der Waals surface area contributed by atoms with Crippen molar-refractivity contribution in [1.29, 1.82) is 0 Å².